The number of carboxylic acids is 1. The zero-order valence-electron chi connectivity index (χ0n) is 44.2. The van der Waals surface area contributed by atoms with Crippen molar-refractivity contribution in [2.75, 3.05) is 31.1 Å². The number of anilines is 1. The molecule has 6 N–H and O–H groups in total. The number of para-hydroxylation sites is 1. The summed E-state index contributed by atoms with van der Waals surface area (Å²) >= 11 is 5.52. The third-order valence-corrected chi connectivity index (χ3v) is 17.2. The van der Waals surface area contributed by atoms with Crippen LogP contribution >= 0.6 is 0 Å². The zero-order chi connectivity index (χ0) is 58.2. The number of hydrogen-bond donors (Lipinski definition) is 6. The molecule has 4 aromatic carbocycles. The number of carbonyl (C=O) groups excluding carboxylic acids is 2. The Hall–Kier alpha value is -6.85. The minimum absolute atomic E-state index is 0.134. The number of carboxylic acid groups (broad SMARTS) is 1. The number of ether oxygens (including phenoxy) is 2. The average Bonchev–Trinajstić information content (AvgIpc) is 3.91. The fraction of sp³-hybridized carbons (Fsp3) is 0.316. The van der Waals surface area contributed by atoms with Gasteiger partial charge in [-0.2, -0.15) is 8.42 Å². The summed E-state index contributed by atoms with van der Waals surface area (Å²) in [5, 5.41) is 14.7. The van der Waals surface area contributed by atoms with Gasteiger partial charge in [0.2, 0.25) is 5.91 Å². The van der Waals surface area contributed by atoms with Crippen LogP contribution in [0.2, 0.25) is 0 Å². The monoisotopic (exact) mass is 1200 g/mol. The number of carbonyl (C=O) groups is 3. The minimum atomic E-state index is -4.55. The van der Waals surface area contributed by atoms with E-state index in [0.717, 1.165) is 22.5 Å². The second-order valence-electron chi connectivity index (χ2n) is 20.2. The molecule has 0 atom stereocenters. The second-order valence-corrected chi connectivity index (χ2v) is 25.0. The first-order valence-electron chi connectivity index (χ1n) is 25.5. The molecule has 19 nitrogen and oxygen atoms in total. The predicted molar refractivity (Wildman–Crippen MR) is 297 cm³/mol. The van der Waals surface area contributed by atoms with Crippen LogP contribution in [0, 0.1) is 0 Å². The van der Waals surface area contributed by atoms with Crippen molar-refractivity contribution >= 4 is 69.2 Å². The molecular weight excluding hydrogens is 1140 g/mol. The maximum atomic E-state index is 12.9. The summed E-state index contributed by atoms with van der Waals surface area (Å²) in [5.41, 5.74) is 3.35. The van der Waals surface area contributed by atoms with Gasteiger partial charge in [0.25, 0.3) is 16.0 Å². The third kappa shape index (κ3) is 14.9. The molecule has 0 fully saturated rings. The predicted octanol–water partition coefficient (Wildman–Crippen LogP) is 8.61. The molecule has 80 heavy (non-hydrogen) atoms. The van der Waals surface area contributed by atoms with Crippen molar-refractivity contribution < 1.29 is 82.9 Å². The van der Waals surface area contributed by atoms with Crippen molar-refractivity contribution in [1.29, 1.82) is 0 Å². The average molecular weight is 1200 g/mol. The Balaban J connectivity index is 1.06. The Morgan fingerprint density at radius 1 is 0.800 bits per heavy atom. The van der Waals surface area contributed by atoms with E-state index in [1.807, 2.05) is 45.9 Å². The van der Waals surface area contributed by atoms with E-state index >= 15 is 0 Å². The Bertz CT molecular complexity index is 3700. The summed E-state index contributed by atoms with van der Waals surface area (Å²) in [5.74, 6) is -0.690. The van der Waals surface area contributed by atoms with Gasteiger partial charge in [-0.05, 0) is 31.0 Å². The standard InChI is InChI=1S/C57H62N4O15S3.Ni/c1-56(2,40-16-9-17-43(35-40)78(69,70)71)30-11-15-38-13-8-14-39(54(38)76-41-22-24-42(25-23-41)77(66,67)68)21-28-50-57(3,4)47-36-44(79(72,73)74)26-27-48(47)61(50)33-7-5-6-20-51(62)58-31-12-34-75-49-19-10-18-45-46(29-32-59-53(45)49)55(65)60-37-52(63)64;/h9-11,15-19,21-29,32,35-36H,5-8,12-14,20,31,33-34,37H2,1-4H3,(H,58,62)(H,60,65)(H,63,64)(H,66,67,68)(H,69,70,71)(H,72,73,74);/b15-11+,39-21+,50-28+;. The Morgan fingerprint density at radius 2 is 1.49 bits per heavy atom. The number of amides is 2. The molecule has 0 spiro atoms. The molecule has 0 radical (unpaired) electrons. The molecule has 1 aliphatic heterocycles. The van der Waals surface area contributed by atoms with Crippen LogP contribution in [0.4, 0.5) is 5.69 Å². The molecule has 2 heterocycles. The number of nitrogens with one attached hydrogen (secondary N) is 2. The Morgan fingerprint density at radius 3 is 2.19 bits per heavy atom. The van der Waals surface area contributed by atoms with Crippen molar-refractivity contribution in [1.82, 2.24) is 15.6 Å². The number of benzene rings is 4. The summed E-state index contributed by atoms with van der Waals surface area (Å²) in [7, 11) is -13.5. The molecule has 23 heteroatoms. The molecule has 0 unspecified atom stereocenters. The molecule has 1 aromatic heterocycles. The van der Waals surface area contributed by atoms with Gasteiger partial charge in [-0.1, -0.05) is 18.6 Å². The van der Waals surface area contributed by atoms with E-state index in [9.17, 15) is 53.3 Å². The van der Waals surface area contributed by atoms with Gasteiger partial charge in [0.1, 0.15) is 17.8 Å². The van der Waals surface area contributed by atoms with E-state index < -0.39 is 59.6 Å². The molecule has 428 valence electrons. The van der Waals surface area contributed by atoms with Gasteiger partial charge in [0.15, 0.2) is 0 Å². The van der Waals surface area contributed by atoms with Gasteiger partial charge in [0.05, 0.1) is 17.1 Å². The molecule has 0 saturated heterocycles. The van der Waals surface area contributed by atoms with Gasteiger partial charge < -0.3 is 20.5 Å². The van der Waals surface area contributed by atoms with E-state index in [0.29, 0.717) is 96.1 Å². The van der Waals surface area contributed by atoms with Crippen molar-refractivity contribution in [2.45, 2.75) is 105 Å². The third-order valence-electron chi connectivity index (χ3n) is 13.8. The SMILES string of the molecule is CC(C)([C](=[Ni])/C=C/C1=C(Oc2ccc(S(=O)(=O)O)cc2)C(=C/C=C2/N(CCCCCC(=O)NCCCOc3cccc4c(C(=O)NCC(=O)O)ccnc34)c3ccc(S(=O)(=O)O)cc3C2(C)C)/CCC1)c1cccc(S(=O)(=O)O)c1. The molecule has 7 rings (SSSR count). The molecule has 0 bridgehead atoms. The first kappa shape index (κ1) is 60.8. The number of aromatic nitrogens is 1. The van der Waals surface area contributed by atoms with Gasteiger partial charge >= 0.3 is 292 Å². The molecule has 5 aromatic rings. The van der Waals surface area contributed by atoms with Crippen molar-refractivity contribution in [3.8, 4) is 11.5 Å². The topological polar surface area (TPSA) is 293 Å². The zero-order valence-corrected chi connectivity index (χ0v) is 47.7. The van der Waals surface area contributed by atoms with E-state index in [2.05, 4.69) is 20.5 Å². The second kappa shape index (κ2) is 25.3. The van der Waals surface area contributed by atoms with Crippen LogP contribution in [-0.2, 0) is 65.8 Å². The number of rotatable bonds is 24. The fourth-order valence-corrected chi connectivity index (χ4v) is 11.2. The van der Waals surface area contributed by atoms with Crippen LogP contribution in [0.5, 0.6) is 11.5 Å². The number of unbranched alkanes of at least 4 members (excludes halogenated alkanes) is 2. The molecular formula is C57H62N4NiO15S3. The van der Waals surface area contributed by atoms with Crippen molar-refractivity contribution in [2.24, 2.45) is 0 Å². The normalized spacial score (nSPS) is 15.8. The van der Waals surface area contributed by atoms with Crippen LogP contribution in [0.25, 0.3) is 10.9 Å². The molecule has 2 amide bonds. The van der Waals surface area contributed by atoms with Crippen molar-refractivity contribution in [3.05, 3.63) is 161 Å². The van der Waals surface area contributed by atoms with E-state index in [1.54, 1.807) is 36.4 Å². The summed E-state index contributed by atoms with van der Waals surface area (Å²) in [6, 6.07) is 22.3. The summed E-state index contributed by atoms with van der Waals surface area (Å²) in [6.45, 7) is 8.14. The summed E-state index contributed by atoms with van der Waals surface area (Å²) in [4.78, 5) is 42.2. The number of pyridine rings is 1. The Labute approximate surface area is 473 Å². The van der Waals surface area contributed by atoms with Crippen LogP contribution in [0.1, 0.15) is 101 Å². The molecule has 2 aliphatic rings. The quantitative estimate of drug-likeness (QED) is 0.0191. The van der Waals surface area contributed by atoms with Gasteiger partial charge in [0, 0.05) is 24.5 Å². The first-order valence-corrected chi connectivity index (χ1v) is 30.3. The van der Waals surface area contributed by atoms with E-state index in [1.165, 1.54) is 66.9 Å². The number of allylic oxidation sites excluding steroid dienone is 7. The Kier molecular flexibility index (Phi) is 19.2. The number of fused-ring (bicyclic) bond motifs is 2. The van der Waals surface area contributed by atoms with E-state index in [-0.39, 0.29) is 44.9 Å². The van der Waals surface area contributed by atoms with Crippen LogP contribution < -0.4 is 25.0 Å². The van der Waals surface area contributed by atoms with Gasteiger partial charge in [-0.3, -0.25) is 23.9 Å². The number of nitrogens with zero attached hydrogens (tertiary/aromatic N) is 2. The van der Waals surface area contributed by atoms with Gasteiger partial charge in [-0.25, -0.2) is 0 Å². The number of aliphatic carboxylic acids is 1. The fourth-order valence-electron chi connectivity index (χ4n) is 9.45. The molecule has 1 aliphatic carbocycles. The number of hydrogen-bond acceptors (Lipinski definition) is 13. The maximum absolute atomic E-state index is 12.9. The summed E-state index contributed by atoms with van der Waals surface area (Å²) < 4.78 is 115. The molecule has 0 saturated carbocycles. The van der Waals surface area contributed by atoms with Crippen LogP contribution in [-0.4, -0.2) is 97.5 Å². The van der Waals surface area contributed by atoms with Crippen molar-refractivity contribution in [3.63, 3.8) is 0 Å². The van der Waals surface area contributed by atoms with Crippen LogP contribution in [0.15, 0.2) is 159 Å². The van der Waals surface area contributed by atoms with Gasteiger partial charge in [-0.15, -0.1) is 0 Å². The first-order chi connectivity index (χ1) is 37.7. The van der Waals surface area contributed by atoms with E-state index in [4.69, 9.17) is 29.6 Å². The van der Waals surface area contributed by atoms with Crippen LogP contribution in [0.3, 0.4) is 0 Å². The summed E-state index contributed by atoms with van der Waals surface area (Å²) in [6.07, 6.45) is 13.4.